The molecule has 0 spiro atoms. The number of nitrogens with one attached hydrogen (secondary N) is 1. The maximum absolute atomic E-state index is 12.9. The Bertz CT molecular complexity index is 924. The Hall–Kier alpha value is -3.01. The van der Waals surface area contributed by atoms with Crippen molar-refractivity contribution in [2.75, 3.05) is 12.4 Å². The average Bonchev–Trinajstić information content (AvgIpc) is 2.96. The van der Waals surface area contributed by atoms with Crippen molar-refractivity contribution in [3.63, 3.8) is 0 Å². The summed E-state index contributed by atoms with van der Waals surface area (Å²) >= 11 is 0. The topological polar surface area (TPSA) is 43.3 Å². The van der Waals surface area contributed by atoms with Gasteiger partial charge in [-0.25, -0.2) is 0 Å². The van der Waals surface area contributed by atoms with Gasteiger partial charge in [0.25, 0.3) is 5.91 Å². The first kappa shape index (κ1) is 17.8. The fraction of sp³-hybridized carbons (Fsp3) is 0.227. The molecule has 4 heteroatoms. The number of hydrogen-bond acceptors (Lipinski definition) is 2. The quantitative estimate of drug-likeness (QED) is 0.711. The zero-order valence-electron chi connectivity index (χ0n) is 15.7. The molecular weight excluding hydrogens is 324 g/mol. The van der Waals surface area contributed by atoms with Crippen LogP contribution in [0.15, 0.2) is 54.6 Å². The fourth-order valence-electron chi connectivity index (χ4n) is 3.26. The number of carbonyl (C=O) groups is 1. The number of carbonyl (C=O) groups excluding carboxylic acids is 1. The number of nitrogens with zero attached hydrogens (tertiary/aromatic N) is 1. The molecule has 3 aromatic rings. The molecule has 1 heterocycles. The number of anilines is 1. The number of para-hydroxylation sites is 1. The molecule has 0 unspecified atom stereocenters. The predicted molar refractivity (Wildman–Crippen MR) is 106 cm³/mol. The van der Waals surface area contributed by atoms with E-state index < -0.39 is 0 Å². The molecule has 1 amide bonds. The van der Waals surface area contributed by atoms with E-state index in [1.165, 1.54) is 0 Å². The maximum atomic E-state index is 12.9. The third-order valence-corrected chi connectivity index (χ3v) is 4.65. The summed E-state index contributed by atoms with van der Waals surface area (Å²) in [7, 11) is 1.65. The number of amides is 1. The van der Waals surface area contributed by atoms with Gasteiger partial charge in [-0.2, -0.15) is 0 Å². The lowest BCUT2D eigenvalue weighted by atomic mass is 10.1. The van der Waals surface area contributed by atoms with Gasteiger partial charge in [0.15, 0.2) is 0 Å². The highest BCUT2D eigenvalue weighted by Gasteiger charge is 2.17. The Balaban J connectivity index is 1.92. The monoisotopic (exact) mass is 348 g/mol. The molecule has 0 radical (unpaired) electrons. The van der Waals surface area contributed by atoms with Gasteiger partial charge in [0.05, 0.1) is 12.7 Å². The van der Waals surface area contributed by atoms with Crippen molar-refractivity contribution >= 4 is 11.6 Å². The summed E-state index contributed by atoms with van der Waals surface area (Å²) in [5.41, 5.74) is 5.62. The molecule has 1 N–H and O–H groups in total. The van der Waals surface area contributed by atoms with E-state index >= 15 is 0 Å². The van der Waals surface area contributed by atoms with Gasteiger partial charge in [0.2, 0.25) is 0 Å². The Kier molecular flexibility index (Phi) is 5.12. The molecule has 0 fully saturated rings. The van der Waals surface area contributed by atoms with Gasteiger partial charge in [-0.3, -0.25) is 4.79 Å². The summed E-state index contributed by atoms with van der Waals surface area (Å²) in [6, 6.07) is 17.7. The SMILES string of the molecule is CCc1ccccc1NC(=O)c1cc(C)n(-c2ccc(OC)cc2)c1C. The molecule has 0 bridgehead atoms. The van der Waals surface area contributed by atoms with Crippen LogP contribution in [0, 0.1) is 13.8 Å². The molecule has 26 heavy (non-hydrogen) atoms. The van der Waals surface area contributed by atoms with Crippen molar-refractivity contribution in [1.82, 2.24) is 4.57 Å². The highest BCUT2D eigenvalue weighted by Crippen LogP contribution is 2.24. The van der Waals surface area contributed by atoms with Crippen LogP contribution in [0.4, 0.5) is 5.69 Å². The summed E-state index contributed by atoms with van der Waals surface area (Å²) in [6.45, 7) is 6.06. The van der Waals surface area contributed by atoms with Crippen LogP contribution in [0.2, 0.25) is 0 Å². The Morgan fingerprint density at radius 1 is 1.08 bits per heavy atom. The highest BCUT2D eigenvalue weighted by molar-refractivity contribution is 6.05. The Morgan fingerprint density at radius 3 is 2.42 bits per heavy atom. The average molecular weight is 348 g/mol. The molecule has 3 rings (SSSR count). The first-order valence-corrected chi connectivity index (χ1v) is 8.77. The van der Waals surface area contributed by atoms with E-state index in [-0.39, 0.29) is 5.91 Å². The minimum absolute atomic E-state index is 0.0845. The van der Waals surface area contributed by atoms with Gasteiger partial charge in [0, 0.05) is 22.8 Å². The van der Waals surface area contributed by atoms with Crippen LogP contribution in [-0.2, 0) is 6.42 Å². The minimum atomic E-state index is -0.0845. The molecule has 134 valence electrons. The van der Waals surface area contributed by atoms with Crippen LogP contribution in [0.5, 0.6) is 5.75 Å². The lowest BCUT2D eigenvalue weighted by Gasteiger charge is -2.12. The van der Waals surface area contributed by atoms with Gasteiger partial charge in [-0.15, -0.1) is 0 Å². The first-order chi connectivity index (χ1) is 12.5. The van der Waals surface area contributed by atoms with Crippen LogP contribution in [0.3, 0.4) is 0 Å². The molecule has 4 nitrogen and oxygen atoms in total. The summed E-state index contributed by atoms with van der Waals surface area (Å²) < 4.78 is 7.31. The molecule has 0 aliphatic heterocycles. The van der Waals surface area contributed by atoms with Gasteiger partial charge in [-0.1, -0.05) is 25.1 Å². The summed E-state index contributed by atoms with van der Waals surface area (Å²) in [6.07, 6.45) is 0.876. The number of methoxy groups -OCH3 is 1. The van der Waals surface area contributed by atoms with E-state index in [0.717, 1.165) is 40.5 Å². The largest absolute Gasteiger partial charge is 0.497 e. The van der Waals surface area contributed by atoms with Crippen molar-refractivity contribution in [3.8, 4) is 11.4 Å². The van der Waals surface area contributed by atoms with Gasteiger partial charge in [-0.05, 0) is 62.2 Å². The van der Waals surface area contributed by atoms with Crippen molar-refractivity contribution in [1.29, 1.82) is 0 Å². The number of aryl methyl sites for hydroxylation is 2. The summed E-state index contributed by atoms with van der Waals surface area (Å²) in [5.74, 6) is 0.726. The van der Waals surface area contributed by atoms with E-state index in [2.05, 4.69) is 16.8 Å². The van der Waals surface area contributed by atoms with E-state index in [1.807, 2.05) is 68.4 Å². The molecule has 0 atom stereocenters. The van der Waals surface area contributed by atoms with Crippen molar-refractivity contribution < 1.29 is 9.53 Å². The van der Waals surface area contributed by atoms with E-state index in [4.69, 9.17) is 4.74 Å². The number of hydrogen-bond donors (Lipinski definition) is 1. The predicted octanol–water partition coefficient (Wildman–Crippen LogP) is 4.92. The van der Waals surface area contributed by atoms with Crippen LogP contribution >= 0.6 is 0 Å². The van der Waals surface area contributed by atoms with Gasteiger partial charge < -0.3 is 14.6 Å². The molecular formula is C22H24N2O2. The van der Waals surface area contributed by atoms with E-state index in [9.17, 15) is 4.79 Å². The van der Waals surface area contributed by atoms with Crippen LogP contribution < -0.4 is 10.1 Å². The van der Waals surface area contributed by atoms with Crippen molar-refractivity contribution in [3.05, 3.63) is 77.1 Å². The highest BCUT2D eigenvalue weighted by atomic mass is 16.5. The number of benzene rings is 2. The fourth-order valence-corrected chi connectivity index (χ4v) is 3.26. The number of rotatable bonds is 5. The molecule has 0 aliphatic carbocycles. The zero-order chi connectivity index (χ0) is 18.7. The van der Waals surface area contributed by atoms with Crippen LogP contribution in [-0.4, -0.2) is 17.6 Å². The third kappa shape index (κ3) is 3.36. The van der Waals surface area contributed by atoms with Gasteiger partial charge in [0.1, 0.15) is 5.75 Å². The molecule has 0 saturated heterocycles. The van der Waals surface area contributed by atoms with Crippen molar-refractivity contribution in [2.24, 2.45) is 0 Å². The smallest absolute Gasteiger partial charge is 0.257 e. The summed E-state index contributed by atoms with van der Waals surface area (Å²) in [5, 5.41) is 3.06. The second-order valence-electron chi connectivity index (χ2n) is 6.28. The normalized spacial score (nSPS) is 10.6. The number of aromatic nitrogens is 1. The Morgan fingerprint density at radius 2 is 1.77 bits per heavy atom. The second kappa shape index (κ2) is 7.48. The standard InChI is InChI=1S/C22H24N2O2/c1-5-17-8-6-7-9-21(17)23-22(25)20-14-15(2)24(16(20)3)18-10-12-19(26-4)13-11-18/h6-14H,5H2,1-4H3,(H,23,25). The minimum Gasteiger partial charge on any atom is -0.497 e. The van der Waals surface area contributed by atoms with E-state index in [0.29, 0.717) is 5.56 Å². The molecule has 0 saturated carbocycles. The van der Waals surface area contributed by atoms with Gasteiger partial charge >= 0.3 is 0 Å². The molecule has 2 aromatic carbocycles. The lowest BCUT2D eigenvalue weighted by molar-refractivity contribution is 0.102. The molecule has 0 aliphatic rings. The third-order valence-electron chi connectivity index (χ3n) is 4.65. The second-order valence-corrected chi connectivity index (χ2v) is 6.28. The lowest BCUT2D eigenvalue weighted by Crippen LogP contribution is -2.14. The first-order valence-electron chi connectivity index (χ1n) is 8.77. The number of ether oxygens (including phenoxy) is 1. The molecule has 1 aromatic heterocycles. The Labute approximate surface area is 154 Å². The van der Waals surface area contributed by atoms with Crippen LogP contribution in [0.1, 0.15) is 34.2 Å². The zero-order valence-corrected chi connectivity index (χ0v) is 15.7. The summed E-state index contributed by atoms with van der Waals surface area (Å²) in [4.78, 5) is 12.9. The van der Waals surface area contributed by atoms with E-state index in [1.54, 1.807) is 7.11 Å². The van der Waals surface area contributed by atoms with Crippen molar-refractivity contribution in [2.45, 2.75) is 27.2 Å². The maximum Gasteiger partial charge on any atom is 0.257 e. The van der Waals surface area contributed by atoms with Crippen LogP contribution in [0.25, 0.3) is 5.69 Å².